The van der Waals surface area contributed by atoms with E-state index in [9.17, 15) is 15.0 Å². The van der Waals surface area contributed by atoms with Crippen LogP contribution in [0.4, 0.5) is 0 Å². The van der Waals surface area contributed by atoms with Gasteiger partial charge in [-0.1, -0.05) is 438 Å². The number of carbonyl (C=O) groups excluding carboxylic acids is 1. The summed E-state index contributed by atoms with van der Waals surface area (Å²) in [5.74, 6) is -0.0184. The number of aliphatic hydroxyl groups is 2. The molecule has 0 bridgehead atoms. The van der Waals surface area contributed by atoms with Gasteiger partial charge < -0.3 is 15.5 Å². The third kappa shape index (κ3) is 68.1. The molecule has 0 radical (unpaired) electrons. The van der Waals surface area contributed by atoms with E-state index in [1.807, 2.05) is 0 Å². The van der Waals surface area contributed by atoms with Crippen molar-refractivity contribution in [3.8, 4) is 0 Å². The van der Waals surface area contributed by atoms with E-state index in [0.717, 1.165) is 25.7 Å². The minimum absolute atomic E-state index is 0.0184. The van der Waals surface area contributed by atoms with Crippen LogP contribution < -0.4 is 5.32 Å². The summed E-state index contributed by atoms with van der Waals surface area (Å²) < 4.78 is 0. The third-order valence-electron chi connectivity index (χ3n) is 18.4. The zero-order valence-corrected chi connectivity index (χ0v) is 55.0. The Balaban J connectivity index is 3.34. The summed E-state index contributed by atoms with van der Waals surface area (Å²) in [4.78, 5) is 12.6. The lowest BCUT2D eigenvalue weighted by molar-refractivity contribution is -0.123. The maximum Gasteiger partial charge on any atom is 0.220 e. The molecule has 4 nitrogen and oxygen atoms in total. The van der Waals surface area contributed by atoms with Crippen LogP contribution in [0, 0.1) is 0 Å². The van der Waals surface area contributed by atoms with Crippen LogP contribution in [0.15, 0.2) is 0 Å². The van der Waals surface area contributed by atoms with E-state index in [0.29, 0.717) is 12.8 Å². The molecular formula is C75H151NO3. The van der Waals surface area contributed by atoms with Crippen molar-refractivity contribution in [3.05, 3.63) is 0 Å². The number of amides is 1. The molecule has 0 aromatic rings. The van der Waals surface area contributed by atoms with Crippen LogP contribution in [0.25, 0.3) is 0 Å². The number of aliphatic hydroxyl groups excluding tert-OH is 2. The highest BCUT2D eigenvalue weighted by Gasteiger charge is 2.20. The quantitative estimate of drug-likeness (QED) is 0.0532. The first-order valence-electron chi connectivity index (χ1n) is 37.7. The van der Waals surface area contributed by atoms with Crippen molar-refractivity contribution in [2.75, 3.05) is 6.61 Å². The highest BCUT2D eigenvalue weighted by molar-refractivity contribution is 5.76. The lowest BCUT2D eigenvalue weighted by atomic mass is 10.0. The number of unbranched alkanes of at least 4 members (excludes halogenated alkanes) is 65. The van der Waals surface area contributed by atoms with Crippen LogP contribution in [0.5, 0.6) is 0 Å². The molecular weight excluding hydrogens is 963 g/mol. The van der Waals surface area contributed by atoms with Crippen molar-refractivity contribution in [3.63, 3.8) is 0 Å². The molecule has 0 aromatic carbocycles. The van der Waals surface area contributed by atoms with Crippen molar-refractivity contribution in [1.29, 1.82) is 0 Å². The molecule has 4 heteroatoms. The molecule has 0 saturated carbocycles. The van der Waals surface area contributed by atoms with E-state index in [1.54, 1.807) is 0 Å². The summed E-state index contributed by atoms with van der Waals surface area (Å²) in [6.07, 6.45) is 94.9. The second-order valence-electron chi connectivity index (χ2n) is 26.4. The molecule has 1 amide bonds. The van der Waals surface area contributed by atoms with E-state index in [4.69, 9.17) is 0 Å². The lowest BCUT2D eigenvalue weighted by Gasteiger charge is -2.22. The first-order chi connectivity index (χ1) is 39.2. The van der Waals surface area contributed by atoms with Gasteiger partial charge in [-0.05, 0) is 12.8 Å². The molecule has 0 aliphatic carbocycles. The fourth-order valence-electron chi connectivity index (χ4n) is 12.7. The molecule has 2 unspecified atom stereocenters. The summed E-state index contributed by atoms with van der Waals surface area (Å²) >= 11 is 0. The Hall–Kier alpha value is -0.610. The average Bonchev–Trinajstić information content (AvgIpc) is 3.45. The Kier molecular flexibility index (Phi) is 71.1. The minimum atomic E-state index is -0.657. The van der Waals surface area contributed by atoms with Gasteiger partial charge in [0.15, 0.2) is 0 Å². The van der Waals surface area contributed by atoms with Gasteiger partial charge in [-0.15, -0.1) is 0 Å². The molecule has 2 atom stereocenters. The zero-order chi connectivity index (χ0) is 56.9. The van der Waals surface area contributed by atoms with Crippen LogP contribution in [0.1, 0.15) is 457 Å². The zero-order valence-electron chi connectivity index (χ0n) is 55.0. The molecule has 0 rings (SSSR count). The third-order valence-corrected chi connectivity index (χ3v) is 18.4. The molecule has 0 aliphatic rings. The normalized spacial score (nSPS) is 12.5. The van der Waals surface area contributed by atoms with Gasteiger partial charge in [0, 0.05) is 6.42 Å². The Bertz CT molecular complexity index is 1080. The predicted octanol–water partition coefficient (Wildman–Crippen LogP) is 25.8. The van der Waals surface area contributed by atoms with Gasteiger partial charge in [-0.3, -0.25) is 4.79 Å². The number of hydrogen-bond donors (Lipinski definition) is 3. The van der Waals surface area contributed by atoms with E-state index < -0.39 is 12.1 Å². The summed E-state index contributed by atoms with van der Waals surface area (Å²) in [5, 5.41) is 23.5. The number of hydrogen-bond acceptors (Lipinski definition) is 3. The summed E-state index contributed by atoms with van der Waals surface area (Å²) in [6.45, 7) is 4.43. The Morgan fingerprint density at radius 1 is 0.253 bits per heavy atom. The standard InChI is InChI=1S/C75H151NO3/c1-3-5-7-9-11-13-15-17-19-21-23-25-27-29-31-33-35-37-39-41-43-45-47-49-51-53-55-57-59-61-63-65-67-69-71-75(79)76-73(72-77)74(78)70-68-66-64-62-60-58-56-54-52-50-48-46-44-42-40-38-36-34-32-30-28-26-24-22-20-18-16-14-12-10-8-6-4-2/h73-74,77-78H,3-72H2,1-2H3,(H,76,79). The van der Waals surface area contributed by atoms with Crippen molar-refractivity contribution >= 4 is 5.91 Å². The van der Waals surface area contributed by atoms with Gasteiger partial charge in [0.2, 0.25) is 5.91 Å². The number of nitrogens with one attached hydrogen (secondary N) is 1. The molecule has 474 valence electrons. The molecule has 0 aromatic heterocycles. The SMILES string of the molecule is CCCCCCCCCCCCCCCCCCCCCCCCCCCCCCCCCCCCC(=O)NC(CO)C(O)CCCCCCCCCCCCCCCCCCCCCCCCCCCCCCCCCCC. The summed E-state index contributed by atoms with van der Waals surface area (Å²) in [5.41, 5.74) is 0. The van der Waals surface area contributed by atoms with Gasteiger partial charge in [-0.25, -0.2) is 0 Å². The number of rotatable bonds is 72. The largest absolute Gasteiger partial charge is 0.394 e. The molecule has 0 spiro atoms. The molecule has 3 N–H and O–H groups in total. The maximum atomic E-state index is 12.6. The molecule has 79 heavy (non-hydrogen) atoms. The van der Waals surface area contributed by atoms with Crippen LogP contribution in [0.3, 0.4) is 0 Å². The highest BCUT2D eigenvalue weighted by Crippen LogP contribution is 2.21. The molecule has 0 fully saturated rings. The Morgan fingerprint density at radius 3 is 0.570 bits per heavy atom. The molecule has 0 aliphatic heterocycles. The predicted molar refractivity (Wildman–Crippen MR) is 355 cm³/mol. The van der Waals surface area contributed by atoms with Gasteiger partial charge in [0.1, 0.15) is 0 Å². The van der Waals surface area contributed by atoms with Gasteiger partial charge in [0.05, 0.1) is 18.8 Å². The first-order valence-corrected chi connectivity index (χ1v) is 37.7. The van der Waals surface area contributed by atoms with Crippen molar-refractivity contribution in [2.45, 2.75) is 469 Å². The molecule has 0 saturated heterocycles. The van der Waals surface area contributed by atoms with Gasteiger partial charge >= 0.3 is 0 Å². The fraction of sp³-hybridized carbons (Fsp3) is 0.987. The first kappa shape index (κ1) is 78.4. The topological polar surface area (TPSA) is 69.6 Å². The Labute approximate surface area is 499 Å². The fourth-order valence-corrected chi connectivity index (χ4v) is 12.7. The van der Waals surface area contributed by atoms with Crippen LogP contribution in [-0.2, 0) is 4.79 Å². The van der Waals surface area contributed by atoms with E-state index in [1.165, 1.54) is 405 Å². The van der Waals surface area contributed by atoms with Crippen LogP contribution in [0.2, 0.25) is 0 Å². The van der Waals surface area contributed by atoms with Crippen molar-refractivity contribution in [2.24, 2.45) is 0 Å². The Morgan fingerprint density at radius 2 is 0.405 bits per heavy atom. The summed E-state index contributed by atoms with van der Waals surface area (Å²) in [7, 11) is 0. The van der Waals surface area contributed by atoms with Crippen molar-refractivity contribution < 1.29 is 15.0 Å². The van der Waals surface area contributed by atoms with Gasteiger partial charge in [0.25, 0.3) is 0 Å². The second kappa shape index (κ2) is 71.7. The van der Waals surface area contributed by atoms with Crippen molar-refractivity contribution in [1.82, 2.24) is 5.32 Å². The van der Waals surface area contributed by atoms with Crippen LogP contribution in [-0.4, -0.2) is 34.9 Å². The summed E-state index contributed by atoms with van der Waals surface area (Å²) in [6, 6.07) is -0.533. The van der Waals surface area contributed by atoms with Gasteiger partial charge in [-0.2, -0.15) is 0 Å². The van der Waals surface area contributed by atoms with Crippen LogP contribution >= 0.6 is 0 Å². The van der Waals surface area contributed by atoms with E-state index in [-0.39, 0.29) is 12.5 Å². The number of carbonyl (C=O) groups is 1. The minimum Gasteiger partial charge on any atom is -0.394 e. The smallest absolute Gasteiger partial charge is 0.220 e. The average molecular weight is 1120 g/mol. The maximum absolute atomic E-state index is 12.6. The van der Waals surface area contributed by atoms with E-state index in [2.05, 4.69) is 19.2 Å². The lowest BCUT2D eigenvalue weighted by Crippen LogP contribution is -2.45. The highest BCUT2D eigenvalue weighted by atomic mass is 16.3. The monoisotopic (exact) mass is 1110 g/mol. The van der Waals surface area contributed by atoms with E-state index >= 15 is 0 Å². The molecule has 0 heterocycles. The second-order valence-corrected chi connectivity index (χ2v) is 26.4.